The first-order valence-electron chi connectivity index (χ1n) is 11.7. The first kappa shape index (κ1) is 23.4. The summed E-state index contributed by atoms with van der Waals surface area (Å²) in [5.41, 5.74) is 6.82. The largest absolute Gasteiger partial charge is 0.478 e. The maximum absolute atomic E-state index is 14.5. The van der Waals surface area contributed by atoms with Crippen LogP contribution < -0.4 is 4.74 Å². The number of carbonyl (C=O) groups is 1. The molecule has 36 heavy (non-hydrogen) atoms. The summed E-state index contributed by atoms with van der Waals surface area (Å²) >= 11 is 0. The second-order valence-corrected chi connectivity index (χ2v) is 8.87. The number of rotatable bonds is 7. The van der Waals surface area contributed by atoms with E-state index in [1.807, 2.05) is 43.3 Å². The van der Waals surface area contributed by atoms with Crippen molar-refractivity contribution in [1.29, 1.82) is 0 Å². The first-order valence-corrected chi connectivity index (χ1v) is 11.7. The molecule has 0 aliphatic heterocycles. The molecule has 7 nitrogen and oxygen atoms in total. The highest BCUT2D eigenvalue weighted by Crippen LogP contribution is 2.45. The fraction of sp³-hybridized carbons (Fsp3) is 0.214. The number of aliphatic carboxylic acids is 1. The number of carboxylic acid groups (broad SMARTS) is 1. The number of halogens is 1. The highest BCUT2D eigenvalue weighted by Gasteiger charge is 2.30. The van der Waals surface area contributed by atoms with E-state index in [1.54, 1.807) is 25.4 Å². The van der Waals surface area contributed by atoms with Crippen LogP contribution >= 0.6 is 0 Å². The normalized spacial score (nSPS) is 14.6. The number of fused-ring (bicyclic) bond motifs is 1. The van der Waals surface area contributed by atoms with Crippen LogP contribution in [0.1, 0.15) is 47.2 Å². The second-order valence-electron chi connectivity index (χ2n) is 8.87. The van der Waals surface area contributed by atoms with Gasteiger partial charge in [-0.05, 0) is 77.3 Å². The van der Waals surface area contributed by atoms with Crippen LogP contribution in [0.15, 0.2) is 54.7 Å². The number of carboxylic acids is 1. The van der Waals surface area contributed by atoms with Gasteiger partial charge in [0, 0.05) is 12.3 Å². The van der Waals surface area contributed by atoms with Crippen LogP contribution in [0.2, 0.25) is 0 Å². The van der Waals surface area contributed by atoms with Crippen molar-refractivity contribution >= 4 is 34.1 Å². The Hall–Kier alpha value is -4.33. The molecule has 1 saturated carbocycles. The smallest absolute Gasteiger partial charge is 0.328 e. The number of aryl methyl sites for hydroxylation is 1. The molecular formula is C28H25FN4O3. The van der Waals surface area contributed by atoms with E-state index in [-0.39, 0.29) is 11.9 Å². The van der Waals surface area contributed by atoms with Gasteiger partial charge in [-0.3, -0.25) is 5.10 Å². The SMILES string of the molecule is COc1ncc(C)c(/C(=C(\c2ccc(/C=C/C(=O)O)cc2)c2ccc3n[nH]c(F)c3c2)C2CCC2)n1. The lowest BCUT2D eigenvalue weighted by atomic mass is 9.73. The molecule has 0 amide bonds. The number of ether oxygens (including phenoxy) is 1. The molecule has 0 unspecified atom stereocenters. The van der Waals surface area contributed by atoms with E-state index in [0.29, 0.717) is 10.9 Å². The number of methoxy groups -OCH3 is 1. The summed E-state index contributed by atoms with van der Waals surface area (Å²) in [5, 5.41) is 15.8. The van der Waals surface area contributed by atoms with Crippen LogP contribution in [0.5, 0.6) is 6.01 Å². The minimum absolute atomic E-state index is 0.273. The van der Waals surface area contributed by atoms with Crippen molar-refractivity contribution in [2.75, 3.05) is 7.11 Å². The van der Waals surface area contributed by atoms with E-state index < -0.39 is 11.9 Å². The van der Waals surface area contributed by atoms with Gasteiger partial charge in [-0.2, -0.15) is 14.5 Å². The Labute approximate surface area is 207 Å². The molecule has 8 heteroatoms. The van der Waals surface area contributed by atoms with Gasteiger partial charge in [0.1, 0.15) is 0 Å². The summed E-state index contributed by atoms with van der Waals surface area (Å²) < 4.78 is 19.8. The number of aromatic amines is 1. The third-order valence-electron chi connectivity index (χ3n) is 6.58. The zero-order valence-corrected chi connectivity index (χ0v) is 20.0. The maximum atomic E-state index is 14.5. The fourth-order valence-corrected chi connectivity index (χ4v) is 4.55. The van der Waals surface area contributed by atoms with Gasteiger partial charge in [-0.1, -0.05) is 36.8 Å². The lowest BCUT2D eigenvalue weighted by molar-refractivity contribution is -0.131. The second kappa shape index (κ2) is 9.73. The van der Waals surface area contributed by atoms with E-state index >= 15 is 0 Å². The summed E-state index contributed by atoms with van der Waals surface area (Å²) in [6.07, 6.45) is 7.58. The van der Waals surface area contributed by atoms with Gasteiger partial charge in [0.25, 0.3) is 0 Å². The summed E-state index contributed by atoms with van der Waals surface area (Å²) in [6, 6.07) is 13.5. The van der Waals surface area contributed by atoms with E-state index in [2.05, 4.69) is 15.2 Å². The Morgan fingerprint density at radius 2 is 1.92 bits per heavy atom. The molecular weight excluding hydrogens is 459 g/mol. The number of aromatic nitrogens is 4. The van der Waals surface area contributed by atoms with Crippen molar-refractivity contribution in [2.45, 2.75) is 26.2 Å². The maximum Gasteiger partial charge on any atom is 0.328 e. The predicted molar refractivity (Wildman–Crippen MR) is 136 cm³/mol. The van der Waals surface area contributed by atoms with Crippen LogP contribution in [0.25, 0.3) is 28.1 Å². The number of allylic oxidation sites excluding steroid dienone is 1. The van der Waals surface area contributed by atoms with Gasteiger partial charge in [0.05, 0.1) is 23.7 Å². The average molecular weight is 485 g/mol. The number of hydrogen-bond acceptors (Lipinski definition) is 5. The number of nitrogens with zero attached hydrogens (tertiary/aromatic N) is 3. The number of H-pyrrole nitrogens is 1. The van der Waals surface area contributed by atoms with Gasteiger partial charge in [-0.15, -0.1) is 0 Å². The van der Waals surface area contributed by atoms with E-state index in [1.165, 1.54) is 0 Å². The van der Waals surface area contributed by atoms with Crippen molar-refractivity contribution in [2.24, 2.45) is 5.92 Å². The van der Waals surface area contributed by atoms with Gasteiger partial charge in [0.2, 0.25) is 5.95 Å². The van der Waals surface area contributed by atoms with Gasteiger partial charge in [0.15, 0.2) is 0 Å². The van der Waals surface area contributed by atoms with Crippen LogP contribution in [-0.4, -0.2) is 38.4 Å². The lowest BCUT2D eigenvalue weighted by Gasteiger charge is -2.31. The number of nitrogens with one attached hydrogen (secondary N) is 1. The fourth-order valence-electron chi connectivity index (χ4n) is 4.55. The zero-order valence-electron chi connectivity index (χ0n) is 20.0. The monoisotopic (exact) mass is 484 g/mol. The van der Waals surface area contributed by atoms with Crippen LogP contribution in [0, 0.1) is 18.8 Å². The third kappa shape index (κ3) is 4.49. The van der Waals surface area contributed by atoms with Crippen molar-refractivity contribution in [3.05, 3.63) is 88.6 Å². The molecule has 2 aromatic carbocycles. The highest BCUT2D eigenvalue weighted by molar-refractivity contribution is 6.01. The zero-order chi connectivity index (χ0) is 25.2. The quantitative estimate of drug-likeness (QED) is 0.328. The Kier molecular flexibility index (Phi) is 6.33. The van der Waals surface area contributed by atoms with E-state index in [4.69, 9.17) is 14.8 Å². The molecule has 182 valence electrons. The Bertz CT molecular complexity index is 1500. The molecule has 4 aromatic rings. The molecule has 1 fully saturated rings. The first-order chi connectivity index (χ1) is 17.4. The Morgan fingerprint density at radius 1 is 1.17 bits per heavy atom. The molecule has 0 radical (unpaired) electrons. The van der Waals surface area contributed by atoms with Gasteiger partial charge in [-0.25, -0.2) is 9.78 Å². The molecule has 0 saturated heterocycles. The van der Waals surface area contributed by atoms with E-state index in [0.717, 1.165) is 64.4 Å². The molecule has 1 aliphatic carbocycles. The van der Waals surface area contributed by atoms with Crippen LogP contribution in [-0.2, 0) is 4.79 Å². The van der Waals surface area contributed by atoms with Crippen molar-refractivity contribution < 1.29 is 19.0 Å². The molecule has 0 spiro atoms. The van der Waals surface area contributed by atoms with Gasteiger partial charge < -0.3 is 9.84 Å². The molecule has 0 atom stereocenters. The highest BCUT2D eigenvalue weighted by atomic mass is 19.1. The number of benzene rings is 2. The molecule has 1 aliphatic rings. The Morgan fingerprint density at radius 3 is 2.58 bits per heavy atom. The molecule has 2 heterocycles. The van der Waals surface area contributed by atoms with E-state index in [9.17, 15) is 9.18 Å². The summed E-state index contributed by atoms with van der Waals surface area (Å²) in [5.74, 6) is -1.21. The minimum atomic E-state index is -1.00. The summed E-state index contributed by atoms with van der Waals surface area (Å²) in [7, 11) is 1.54. The third-order valence-corrected chi connectivity index (χ3v) is 6.58. The molecule has 0 bridgehead atoms. The topological polar surface area (TPSA) is 101 Å². The average Bonchev–Trinajstić information content (AvgIpc) is 3.22. The summed E-state index contributed by atoms with van der Waals surface area (Å²) in [4.78, 5) is 19.9. The predicted octanol–water partition coefficient (Wildman–Crippen LogP) is 5.67. The lowest BCUT2D eigenvalue weighted by Crippen LogP contribution is -2.17. The van der Waals surface area contributed by atoms with Crippen LogP contribution in [0.3, 0.4) is 0 Å². The van der Waals surface area contributed by atoms with Crippen LogP contribution in [0.4, 0.5) is 4.39 Å². The summed E-state index contributed by atoms with van der Waals surface area (Å²) in [6.45, 7) is 1.98. The van der Waals surface area contributed by atoms with Crippen molar-refractivity contribution in [1.82, 2.24) is 20.2 Å². The Balaban J connectivity index is 1.78. The standard InChI is InChI=1S/C28H25FN4O3/c1-16-15-30-28(36-2)31-26(16)25(18-4-3-5-18)24(19-9-6-17(7-10-19)8-13-23(34)35)20-11-12-22-21(14-20)27(29)33-32-22/h6-15,18H,3-5H2,1-2H3,(H,32,33)(H,34,35)/b13-8+,25-24+. The van der Waals surface area contributed by atoms with Crippen molar-refractivity contribution in [3.8, 4) is 6.01 Å². The van der Waals surface area contributed by atoms with Crippen molar-refractivity contribution in [3.63, 3.8) is 0 Å². The minimum Gasteiger partial charge on any atom is -0.478 e. The number of hydrogen-bond donors (Lipinski definition) is 2. The molecule has 2 aromatic heterocycles. The molecule has 5 rings (SSSR count). The van der Waals surface area contributed by atoms with Gasteiger partial charge >= 0.3 is 12.0 Å². The molecule has 2 N–H and O–H groups in total.